The fraction of sp³-hybridized carbons (Fsp3) is 0.500. The number of allylic oxidation sites excluding steroid dienone is 1. The number of hydrogen-bond acceptors (Lipinski definition) is 2. The smallest absolute Gasteiger partial charge is 0.253 e. The van der Waals surface area contributed by atoms with Gasteiger partial charge < -0.3 is 10.2 Å². The lowest BCUT2D eigenvalue weighted by Gasteiger charge is -2.40. The molecule has 1 saturated heterocycles. The summed E-state index contributed by atoms with van der Waals surface area (Å²) in [5.74, 6) is 0.114. The lowest BCUT2D eigenvalue weighted by atomic mass is 9.80. The van der Waals surface area contributed by atoms with E-state index in [9.17, 15) is 9.59 Å². The SMILES string of the molecule is C[C@]1(C(=O)N[C@@H]2CC=CCC2)CCCN(C(=O)c2ccccc2)C1. The Hall–Kier alpha value is -2.10. The number of carbonyl (C=O) groups is 2. The third-order valence-corrected chi connectivity index (χ3v) is 5.16. The summed E-state index contributed by atoms with van der Waals surface area (Å²) in [7, 11) is 0. The van der Waals surface area contributed by atoms with Crippen molar-refractivity contribution in [2.75, 3.05) is 13.1 Å². The Morgan fingerprint density at radius 2 is 2.00 bits per heavy atom. The first-order valence-electron chi connectivity index (χ1n) is 8.89. The minimum Gasteiger partial charge on any atom is -0.353 e. The van der Waals surface area contributed by atoms with E-state index in [0.29, 0.717) is 12.1 Å². The molecule has 1 aromatic rings. The van der Waals surface area contributed by atoms with Gasteiger partial charge in [0.1, 0.15) is 0 Å². The van der Waals surface area contributed by atoms with E-state index in [1.807, 2.05) is 42.2 Å². The Morgan fingerprint density at radius 1 is 1.21 bits per heavy atom. The third kappa shape index (κ3) is 3.69. The first-order chi connectivity index (χ1) is 11.6. The summed E-state index contributed by atoms with van der Waals surface area (Å²) in [5, 5.41) is 3.20. The number of amides is 2. The van der Waals surface area contributed by atoms with Crippen LogP contribution in [0.15, 0.2) is 42.5 Å². The van der Waals surface area contributed by atoms with E-state index in [1.54, 1.807) is 0 Å². The Balaban J connectivity index is 1.66. The zero-order valence-electron chi connectivity index (χ0n) is 14.3. The molecule has 128 valence electrons. The molecule has 4 heteroatoms. The molecule has 1 aliphatic carbocycles. The average Bonchev–Trinajstić information content (AvgIpc) is 2.63. The number of carbonyl (C=O) groups excluding carboxylic acids is 2. The van der Waals surface area contributed by atoms with Gasteiger partial charge in [0.05, 0.1) is 5.41 Å². The Labute approximate surface area is 143 Å². The maximum atomic E-state index is 12.8. The van der Waals surface area contributed by atoms with Gasteiger partial charge in [-0.3, -0.25) is 9.59 Å². The van der Waals surface area contributed by atoms with Crippen molar-refractivity contribution in [3.05, 3.63) is 48.0 Å². The standard InChI is InChI=1S/C20H26N2O2/c1-20(19(24)21-17-11-6-3-7-12-17)13-8-14-22(15-20)18(23)16-9-4-2-5-10-16/h2-6,9-10,17H,7-8,11-15H2,1H3,(H,21,24)/t17-,20+/m1/s1. The van der Waals surface area contributed by atoms with Gasteiger partial charge in [0.15, 0.2) is 0 Å². The Bertz CT molecular complexity index is 626. The normalized spacial score (nSPS) is 26.9. The number of benzene rings is 1. The van der Waals surface area contributed by atoms with Crippen LogP contribution >= 0.6 is 0 Å². The largest absolute Gasteiger partial charge is 0.353 e. The lowest BCUT2D eigenvalue weighted by Crippen LogP contribution is -2.53. The van der Waals surface area contributed by atoms with Gasteiger partial charge in [-0.1, -0.05) is 30.4 Å². The molecule has 0 spiro atoms. The van der Waals surface area contributed by atoms with E-state index in [1.165, 1.54) is 0 Å². The second-order valence-electron chi connectivity index (χ2n) is 7.21. The van der Waals surface area contributed by atoms with Crippen molar-refractivity contribution >= 4 is 11.8 Å². The molecule has 2 atom stereocenters. The van der Waals surface area contributed by atoms with Crippen LogP contribution in [0.5, 0.6) is 0 Å². The fourth-order valence-corrected chi connectivity index (χ4v) is 3.65. The van der Waals surface area contributed by atoms with Crippen LogP contribution in [0.2, 0.25) is 0 Å². The summed E-state index contributed by atoms with van der Waals surface area (Å²) in [5.41, 5.74) is 0.198. The highest BCUT2D eigenvalue weighted by molar-refractivity contribution is 5.95. The monoisotopic (exact) mass is 326 g/mol. The van der Waals surface area contributed by atoms with Gasteiger partial charge in [-0.05, 0) is 51.2 Å². The van der Waals surface area contributed by atoms with Gasteiger partial charge in [-0.2, -0.15) is 0 Å². The summed E-state index contributed by atoms with van der Waals surface area (Å²) in [4.78, 5) is 27.3. The first kappa shape index (κ1) is 16.7. The third-order valence-electron chi connectivity index (χ3n) is 5.16. The van der Waals surface area contributed by atoms with Crippen molar-refractivity contribution in [1.29, 1.82) is 0 Å². The van der Waals surface area contributed by atoms with Crippen molar-refractivity contribution in [3.63, 3.8) is 0 Å². The predicted molar refractivity (Wildman–Crippen MR) is 94.6 cm³/mol. The second kappa shape index (κ2) is 7.20. The molecule has 0 bridgehead atoms. The van der Waals surface area contributed by atoms with Gasteiger partial charge in [0, 0.05) is 24.7 Å². The van der Waals surface area contributed by atoms with E-state index < -0.39 is 5.41 Å². The predicted octanol–water partition coefficient (Wildman–Crippen LogP) is 3.15. The van der Waals surface area contributed by atoms with E-state index in [-0.39, 0.29) is 17.9 Å². The van der Waals surface area contributed by atoms with Crippen LogP contribution in [0.4, 0.5) is 0 Å². The molecule has 0 saturated carbocycles. The highest BCUT2D eigenvalue weighted by Gasteiger charge is 2.40. The maximum Gasteiger partial charge on any atom is 0.253 e. The van der Waals surface area contributed by atoms with Gasteiger partial charge in [-0.15, -0.1) is 0 Å². The van der Waals surface area contributed by atoms with Crippen LogP contribution in [0, 0.1) is 5.41 Å². The van der Waals surface area contributed by atoms with Gasteiger partial charge >= 0.3 is 0 Å². The molecular formula is C20H26N2O2. The summed E-state index contributed by atoms with van der Waals surface area (Å²) >= 11 is 0. The molecule has 1 fully saturated rings. The minimum atomic E-state index is -0.496. The quantitative estimate of drug-likeness (QED) is 0.868. The molecule has 1 heterocycles. The van der Waals surface area contributed by atoms with Crippen molar-refractivity contribution in [2.45, 2.75) is 45.1 Å². The van der Waals surface area contributed by atoms with Crippen molar-refractivity contribution in [1.82, 2.24) is 10.2 Å². The van der Waals surface area contributed by atoms with Crippen molar-refractivity contribution < 1.29 is 9.59 Å². The van der Waals surface area contributed by atoms with Crippen molar-refractivity contribution in [2.24, 2.45) is 5.41 Å². The molecule has 0 radical (unpaired) electrons. The van der Waals surface area contributed by atoms with Crippen LogP contribution in [0.1, 0.15) is 49.4 Å². The number of nitrogens with zero attached hydrogens (tertiary/aromatic N) is 1. The maximum absolute atomic E-state index is 12.8. The Morgan fingerprint density at radius 3 is 2.71 bits per heavy atom. The van der Waals surface area contributed by atoms with Crippen LogP contribution in [-0.2, 0) is 4.79 Å². The van der Waals surface area contributed by atoms with Crippen molar-refractivity contribution in [3.8, 4) is 0 Å². The molecule has 24 heavy (non-hydrogen) atoms. The molecule has 0 unspecified atom stereocenters. The fourth-order valence-electron chi connectivity index (χ4n) is 3.65. The topological polar surface area (TPSA) is 49.4 Å². The number of likely N-dealkylation sites (tertiary alicyclic amines) is 1. The molecule has 0 aromatic heterocycles. The number of piperidine rings is 1. The van der Waals surface area contributed by atoms with Crippen LogP contribution in [0.3, 0.4) is 0 Å². The summed E-state index contributed by atoms with van der Waals surface area (Å²) < 4.78 is 0. The molecule has 1 aliphatic heterocycles. The van der Waals surface area contributed by atoms with E-state index >= 15 is 0 Å². The number of nitrogens with one attached hydrogen (secondary N) is 1. The van der Waals surface area contributed by atoms with E-state index in [0.717, 1.165) is 38.6 Å². The first-order valence-corrected chi connectivity index (χ1v) is 8.89. The number of hydrogen-bond donors (Lipinski definition) is 1. The lowest BCUT2D eigenvalue weighted by molar-refractivity contribution is -0.133. The van der Waals surface area contributed by atoms with Crippen LogP contribution in [-0.4, -0.2) is 35.8 Å². The van der Waals surface area contributed by atoms with Crippen LogP contribution in [0.25, 0.3) is 0 Å². The minimum absolute atomic E-state index is 0.0231. The molecule has 2 amide bonds. The highest BCUT2D eigenvalue weighted by Crippen LogP contribution is 2.31. The Kier molecular flexibility index (Phi) is 5.03. The summed E-state index contributed by atoms with van der Waals surface area (Å²) in [6.07, 6.45) is 8.96. The van der Waals surface area contributed by atoms with Gasteiger partial charge in [0.2, 0.25) is 5.91 Å². The molecular weight excluding hydrogens is 300 g/mol. The van der Waals surface area contributed by atoms with E-state index in [4.69, 9.17) is 0 Å². The summed E-state index contributed by atoms with van der Waals surface area (Å²) in [6, 6.07) is 9.56. The molecule has 1 N–H and O–H groups in total. The zero-order chi connectivity index (χ0) is 17.0. The highest BCUT2D eigenvalue weighted by atomic mass is 16.2. The van der Waals surface area contributed by atoms with E-state index in [2.05, 4.69) is 17.5 Å². The molecule has 1 aromatic carbocycles. The molecule has 4 nitrogen and oxygen atoms in total. The van der Waals surface area contributed by atoms with Crippen LogP contribution < -0.4 is 5.32 Å². The summed E-state index contributed by atoms with van der Waals surface area (Å²) in [6.45, 7) is 3.21. The second-order valence-corrected chi connectivity index (χ2v) is 7.21. The van der Waals surface area contributed by atoms with Gasteiger partial charge in [0.25, 0.3) is 5.91 Å². The molecule has 3 rings (SSSR count). The average molecular weight is 326 g/mol. The zero-order valence-corrected chi connectivity index (χ0v) is 14.3. The van der Waals surface area contributed by atoms with Gasteiger partial charge in [-0.25, -0.2) is 0 Å². The molecule has 2 aliphatic rings. The number of rotatable bonds is 3.